The maximum absolute atomic E-state index is 13.7. The van der Waals surface area contributed by atoms with Crippen molar-refractivity contribution in [3.8, 4) is 5.69 Å². The highest BCUT2D eigenvalue weighted by Crippen LogP contribution is 2.33. The van der Waals surface area contributed by atoms with Gasteiger partial charge in [0, 0.05) is 29.2 Å². The van der Waals surface area contributed by atoms with Crippen LogP contribution < -0.4 is 10.9 Å². The summed E-state index contributed by atoms with van der Waals surface area (Å²) in [6.45, 7) is 2.26. The molecule has 1 N–H and O–H groups in total. The molecule has 1 aliphatic rings. The van der Waals surface area contributed by atoms with Crippen LogP contribution in [0.5, 0.6) is 0 Å². The fourth-order valence-corrected chi connectivity index (χ4v) is 5.29. The molecule has 0 bridgehead atoms. The highest BCUT2D eigenvalue weighted by Gasteiger charge is 2.24. The third-order valence-corrected chi connectivity index (χ3v) is 6.63. The van der Waals surface area contributed by atoms with E-state index in [1.54, 1.807) is 34.2 Å². The van der Waals surface area contributed by atoms with Gasteiger partial charge in [-0.1, -0.05) is 23.7 Å². The summed E-state index contributed by atoms with van der Waals surface area (Å²) >= 11 is 7.84. The van der Waals surface area contributed by atoms with Crippen LogP contribution in [0.15, 0.2) is 53.5 Å². The predicted molar refractivity (Wildman–Crippen MR) is 122 cm³/mol. The Morgan fingerprint density at radius 2 is 2.13 bits per heavy atom. The number of hydrogen-bond donors (Lipinski definition) is 1. The molecule has 4 aromatic rings. The molecule has 6 nitrogen and oxygen atoms in total. The molecule has 0 radical (unpaired) electrons. The van der Waals surface area contributed by atoms with E-state index in [-0.39, 0.29) is 5.56 Å². The van der Waals surface area contributed by atoms with E-state index in [0.717, 1.165) is 41.0 Å². The summed E-state index contributed by atoms with van der Waals surface area (Å²) in [4.78, 5) is 27.2. The van der Waals surface area contributed by atoms with Crippen LogP contribution in [0.3, 0.4) is 0 Å². The maximum atomic E-state index is 13.7. The van der Waals surface area contributed by atoms with Crippen LogP contribution in [0.2, 0.25) is 5.02 Å². The van der Waals surface area contributed by atoms with Crippen molar-refractivity contribution in [3.63, 3.8) is 0 Å². The number of rotatable bonds is 4. The average Bonchev–Trinajstić information content (AvgIpc) is 3.10. The molecule has 3 aromatic heterocycles. The topological polar surface area (TPSA) is 63.1 Å². The molecule has 0 saturated heterocycles. The Labute approximate surface area is 182 Å². The van der Waals surface area contributed by atoms with Gasteiger partial charge in [0.2, 0.25) is 5.95 Å². The maximum Gasteiger partial charge on any atom is 0.268 e. The fraction of sp³-hybridized carbons (Fsp3) is 0.227. The zero-order valence-electron chi connectivity index (χ0n) is 16.4. The van der Waals surface area contributed by atoms with Gasteiger partial charge < -0.3 is 10.2 Å². The van der Waals surface area contributed by atoms with Gasteiger partial charge in [-0.15, -0.1) is 11.3 Å². The molecule has 8 heteroatoms. The van der Waals surface area contributed by atoms with Crippen LogP contribution >= 0.6 is 22.9 Å². The van der Waals surface area contributed by atoms with Gasteiger partial charge in [0.25, 0.3) is 5.56 Å². The Kier molecular flexibility index (Phi) is 5.02. The molecular weight excluding hydrogens is 418 g/mol. The van der Waals surface area contributed by atoms with Crippen LogP contribution in [0.4, 0.5) is 5.95 Å². The first-order valence-electron chi connectivity index (χ1n) is 9.76. The lowest BCUT2D eigenvalue weighted by Gasteiger charge is -2.21. The van der Waals surface area contributed by atoms with Gasteiger partial charge in [0.1, 0.15) is 4.83 Å². The van der Waals surface area contributed by atoms with Gasteiger partial charge in [-0.05, 0) is 49.4 Å². The number of thiophene rings is 1. The molecule has 152 valence electrons. The third-order valence-electron chi connectivity index (χ3n) is 5.29. The predicted octanol–water partition coefficient (Wildman–Crippen LogP) is 4.10. The van der Waals surface area contributed by atoms with Crippen molar-refractivity contribution in [2.45, 2.75) is 19.5 Å². The van der Waals surface area contributed by atoms with Crippen LogP contribution in [0, 0.1) is 0 Å². The summed E-state index contributed by atoms with van der Waals surface area (Å²) in [6, 6.07) is 13.1. The van der Waals surface area contributed by atoms with Crippen molar-refractivity contribution in [2.75, 3.05) is 18.9 Å². The third kappa shape index (κ3) is 3.49. The largest absolute Gasteiger partial charge is 0.350 e. The van der Waals surface area contributed by atoms with E-state index in [4.69, 9.17) is 16.6 Å². The Bertz CT molecular complexity index is 1280. The number of benzene rings is 1. The summed E-state index contributed by atoms with van der Waals surface area (Å²) in [5, 5.41) is 4.61. The summed E-state index contributed by atoms with van der Waals surface area (Å²) in [5.74, 6) is 0.493. The first-order valence-corrected chi connectivity index (χ1v) is 10.9. The van der Waals surface area contributed by atoms with Gasteiger partial charge in [-0.3, -0.25) is 9.78 Å². The van der Waals surface area contributed by atoms with Crippen molar-refractivity contribution < 1.29 is 0 Å². The van der Waals surface area contributed by atoms with Crippen molar-refractivity contribution in [1.82, 2.24) is 19.4 Å². The molecule has 4 heterocycles. The van der Waals surface area contributed by atoms with Gasteiger partial charge in [-0.25, -0.2) is 9.55 Å². The SMILES string of the molecule is CN1CCc2c(sc3nc(NCc4ccccn4)n(-c4cccc(Cl)c4)c(=O)c23)C1. The van der Waals surface area contributed by atoms with E-state index >= 15 is 0 Å². The van der Waals surface area contributed by atoms with Gasteiger partial charge in [0.05, 0.1) is 23.3 Å². The summed E-state index contributed by atoms with van der Waals surface area (Å²) < 4.78 is 1.63. The summed E-state index contributed by atoms with van der Waals surface area (Å²) in [7, 11) is 2.10. The second-order valence-corrected chi connectivity index (χ2v) is 8.92. The van der Waals surface area contributed by atoms with Gasteiger partial charge in [0.15, 0.2) is 0 Å². The lowest BCUT2D eigenvalue weighted by Crippen LogP contribution is -2.27. The number of anilines is 1. The number of hydrogen-bond acceptors (Lipinski definition) is 6. The molecular formula is C22H20ClN5OS. The lowest BCUT2D eigenvalue weighted by molar-refractivity contribution is 0.318. The average molecular weight is 438 g/mol. The van der Waals surface area contributed by atoms with Crippen LogP contribution in [0.1, 0.15) is 16.1 Å². The number of pyridine rings is 1. The minimum absolute atomic E-state index is 0.0622. The van der Waals surface area contributed by atoms with Crippen LogP contribution in [-0.4, -0.2) is 33.0 Å². The van der Waals surface area contributed by atoms with E-state index in [9.17, 15) is 4.79 Å². The molecule has 0 aliphatic carbocycles. The number of nitrogens with zero attached hydrogens (tertiary/aromatic N) is 4. The van der Waals surface area contributed by atoms with E-state index < -0.39 is 0 Å². The zero-order valence-corrected chi connectivity index (χ0v) is 18.0. The fourth-order valence-electron chi connectivity index (χ4n) is 3.82. The quantitative estimate of drug-likeness (QED) is 0.521. The molecule has 0 saturated carbocycles. The number of fused-ring (bicyclic) bond motifs is 3. The van der Waals surface area contributed by atoms with Gasteiger partial charge >= 0.3 is 0 Å². The minimum Gasteiger partial charge on any atom is -0.350 e. The summed E-state index contributed by atoms with van der Waals surface area (Å²) in [5.41, 5.74) is 2.64. The van der Waals surface area contributed by atoms with E-state index in [2.05, 4.69) is 22.2 Å². The number of aromatic nitrogens is 3. The smallest absolute Gasteiger partial charge is 0.268 e. The summed E-state index contributed by atoms with van der Waals surface area (Å²) in [6.07, 6.45) is 2.61. The van der Waals surface area contributed by atoms with Crippen molar-refractivity contribution in [1.29, 1.82) is 0 Å². The Morgan fingerprint density at radius 3 is 2.93 bits per heavy atom. The van der Waals surface area contributed by atoms with Crippen molar-refractivity contribution in [3.05, 3.63) is 80.2 Å². The first kappa shape index (κ1) is 19.2. The van der Waals surface area contributed by atoms with Crippen molar-refractivity contribution in [2.24, 2.45) is 0 Å². The number of nitrogens with one attached hydrogen (secondary N) is 1. The van der Waals surface area contributed by atoms with Crippen LogP contribution in [-0.2, 0) is 19.5 Å². The van der Waals surface area contributed by atoms with E-state index in [0.29, 0.717) is 23.2 Å². The molecule has 0 atom stereocenters. The lowest BCUT2D eigenvalue weighted by atomic mass is 10.1. The molecule has 1 aromatic carbocycles. The molecule has 0 amide bonds. The molecule has 30 heavy (non-hydrogen) atoms. The van der Waals surface area contributed by atoms with Gasteiger partial charge in [-0.2, -0.15) is 0 Å². The van der Waals surface area contributed by atoms with Crippen molar-refractivity contribution >= 4 is 39.1 Å². The Hall–Kier alpha value is -2.74. The Morgan fingerprint density at radius 1 is 1.23 bits per heavy atom. The molecule has 0 fully saturated rings. The zero-order chi connectivity index (χ0) is 20.7. The highest BCUT2D eigenvalue weighted by molar-refractivity contribution is 7.18. The normalized spacial score (nSPS) is 14.1. The number of likely N-dealkylation sites (N-methyl/N-ethyl adjacent to an activating group) is 1. The second-order valence-electron chi connectivity index (χ2n) is 7.40. The molecule has 5 rings (SSSR count). The molecule has 0 spiro atoms. The first-order chi connectivity index (χ1) is 14.6. The highest BCUT2D eigenvalue weighted by atomic mass is 35.5. The minimum atomic E-state index is -0.0622. The molecule has 1 aliphatic heterocycles. The second kappa shape index (κ2) is 7.83. The monoisotopic (exact) mass is 437 g/mol. The van der Waals surface area contributed by atoms with E-state index in [1.165, 1.54) is 4.88 Å². The Balaban J connectivity index is 1.68. The standard InChI is InChI=1S/C22H20ClN5OS/c1-27-10-8-17-18(13-27)30-20-19(17)21(29)28(16-7-4-5-14(23)11-16)22(26-20)25-12-15-6-2-3-9-24-15/h2-7,9,11H,8,10,12-13H2,1H3,(H,25,26). The number of halogens is 1. The van der Waals surface area contributed by atoms with E-state index in [1.807, 2.05) is 30.3 Å². The van der Waals surface area contributed by atoms with Crippen LogP contribution in [0.25, 0.3) is 15.9 Å². The molecule has 0 unspecified atom stereocenters.